The lowest BCUT2D eigenvalue weighted by Crippen LogP contribution is -2.11. The highest BCUT2D eigenvalue weighted by Crippen LogP contribution is 2.39. The average Bonchev–Trinajstić information content (AvgIpc) is 2.72. The molecule has 0 fully saturated rings. The van der Waals surface area contributed by atoms with E-state index in [9.17, 15) is 35.8 Å². The zero-order chi connectivity index (χ0) is 23.7. The van der Waals surface area contributed by atoms with Crippen molar-refractivity contribution in [1.29, 1.82) is 0 Å². The van der Waals surface area contributed by atoms with Crippen molar-refractivity contribution >= 4 is 54.0 Å². The molecule has 32 heavy (non-hydrogen) atoms. The number of fused-ring (bicyclic) bond motifs is 1. The molecule has 0 aliphatic heterocycles. The van der Waals surface area contributed by atoms with Crippen LogP contribution >= 0.6 is 0 Å². The molecule has 0 spiro atoms. The van der Waals surface area contributed by atoms with Crippen molar-refractivity contribution in [3.8, 4) is 5.75 Å². The molecule has 13 heteroatoms. The number of benzene rings is 3. The highest BCUT2D eigenvalue weighted by molar-refractivity contribution is 7.86. The SMILES string of the molecule is C=CC(=O)Nc1ccc(N=Nc2cc(S(=O)(=O)O)c3ccccc3c2O)cc1S(=O)(=O)O. The van der Waals surface area contributed by atoms with Crippen LogP contribution in [0.3, 0.4) is 0 Å². The number of aromatic hydroxyl groups is 1. The molecule has 3 aromatic rings. The summed E-state index contributed by atoms with van der Waals surface area (Å²) >= 11 is 0. The molecule has 0 aliphatic rings. The number of carbonyl (C=O) groups excluding carboxylic acids is 1. The number of rotatable bonds is 6. The van der Waals surface area contributed by atoms with E-state index in [0.717, 1.165) is 24.3 Å². The fourth-order valence-electron chi connectivity index (χ4n) is 2.79. The second-order valence-corrected chi connectivity index (χ2v) is 9.09. The highest BCUT2D eigenvalue weighted by Gasteiger charge is 2.20. The van der Waals surface area contributed by atoms with Gasteiger partial charge in [-0.3, -0.25) is 13.9 Å². The average molecular weight is 477 g/mol. The van der Waals surface area contributed by atoms with Crippen LogP contribution in [0.2, 0.25) is 0 Å². The second-order valence-electron chi connectivity index (χ2n) is 6.31. The van der Waals surface area contributed by atoms with Crippen molar-refractivity contribution in [2.45, 2.75) is 9.79 Å². The Balaban J connectivity index is 2.13. The van der Waals surface area contributed by atoms with E-state index in [2.05, 4.69) is 22.1 Å². The first-order valence-electron chi connectivity index (χ1n) is 8.60. The van der Waals surface area contributed by atoms with Crippen LogP contribution in [0.15, 0.2) is 81.2 Å². The molecule has 1 amide bonds. The Kier molecular flexibility index (Phi) is 6.09. The van der Waals surface area contributed by atoms with Gasteiger partial charge >= 0.3 is 0 Å². The maximum Gasteiger partial charge on any atom is 0.296 e. The predicted molar refractivity (Wildman–Crippen MR) is 115 cm³/mol. The summed E-state index contributed by atoms with van der Waals surface area (Å²) in [6.07, 6.45) is 0.899. The molecule has 0 saturated carbocycles. The Bertz CT molecular complexity index is 1500. The fraction of sp³-hybridized carbons (Fsp3) is 0. The van der Waals surface area contributed by atoms with Crippen LogP contribution in [0.25, 0.3) is 10.8 Å². The smallest absolute Gasteiger partial charge is 0.296 e. The van der Waals surface area contributed by atoms with Crippen molar-refractivity contribution in [2.75, 3.05) is 5.32 Å². The minimum Gasteiger partial charge on any atom is -0.505 e. The third-order valence-corrected chi connectivity index (χ3v) is 5.98. The maximum absolute atomic E-state index is 11.8. The summed E-state index contributed by atoms with van der Waals surface area (Å²) in [5.41, 5.74) is -0.678. The molecule has 0 saturated heterocycles. The van der Waals surface area contributed by atoms with Gasteiger partial charge in [-0.1, -0.05) is 30.8 Å². The fourth-order valence-corrected chi connectivity index (χ4v) is 4.17. The molecule has 11 nitrogen and oxygen atoms in total. The number of hydrogen-bond donors (Lipinski definition) is 4. The van der Waals surface area contributed by atoms with Crippen molar-refractivity contribution in [2.24, 2.45) is 10.2 Å². The molecule has 3 rings (SSSR count). The van der Waals surface area contributed by atoms with E-state index < -0.39 is 41.7 Å². The van der Waals surface area contributed by atoms with Gasteiger partial charge in [-0.15, -0.1) is 5.11 Å². The van der Waals surface area contributed by atoms with E-state index in [1.807, 2.05) is 0 Å². The topological polar surface area (TPSA) is 183 Å². The van der Waals surface area contributed by atoms with Gasteiger partial charge in [0, 0.05) is 10.8 Å². The minimum absolute atomic E-state index is 0.0578. The second kappa shape index (κ2) is 8.47. The number of phenolic OH excluding ortho intramolecular Hbond substituents is 1. The zero-order valence-electron chi connectivity index (χ0n) is 16.0. The van der Waals surface area contributed by atoms with Gasteiger partial charge in [0.05, 0.1) is 11.4 Å². The molecule has 0 aliphatic carbocycles. The quantitative estimate of drug-likeness (QED) is 0.236. The Morgan fingerprint density at radius 1 is 0.906 bits per heavy atom. The number of nitrogens with zero attached hydrogens (tertiary/aromatic N) is 2. The molecule has 166 valence electrons. The van der Waals surface area contributed by atoms with Gasteiger partial charge in [-0.2, -0.15) is 21.9 Å². The predicted octanol–water partition coefficient (Wildman–Crippen LogP) is 3.58. The van der Waals surface area contributed by atoms with Gasteiger partial charge in [0.15, 0.2) is 5.75 Å². The molecule has 0 aromatic heterocycles. The maximum atomic E-state index is 11.8. The molecule has 0 bridgehead atoms. The lowest BCUT2D eigenvalue weighted by atomic mass is 10.1. The molecule has 0 atom stereocenters. The number of nitrogens with one attached hydrogen (secondary N) is 1. The molecule has 0 unspecified atom stereocenters. The van der Waals surface area contributed by atoms with Crippen LogP contribution in [0.1, 0.15) is 0 Å². The summed E-state index contributed by atoms with van der Waals surface area (Å²) in [7, 11) is -9.44. The van der Waals surface area contributed by atoms with Crippen molar-refractivity contribution < 1.29 is 35.8 Å². The van der Waals surface area contributed by atoms with Crippen molar-refractivity contribution in [3.05, 3.63) is 61.2 Å². The Hall–Kier alpha value is -3.65. The summed E-state index contributed by atoms with van der Waals surface area (Å²) < 4.78 is 65.8. The highest BCUT2D eigenvalue weighted by atomic mass is 32.2. The summed E-state index contributed by atoms with van der Waals surface area (Å²) in [6.45, 7) is 3.24. The van der Waals surface area contributed by atoms with Crippen molar-refractivity contribution in [1.82, 2.24) is 0 Å². The lowest BCUT2D eigenvalue weighted by molar-refractivity contribution is -0.111. The Morgan fingerprint density at radius 2 is 1.53 bits per heavy atom. The number of hydrogen-bond acceptors (Lipinski definition) is 8. The number of amides is 1. The van der Waals surface area contributed by atoms with E-state index in [-0.39, 0.29) is 27.8 Å². The first-order chi connectivity index (χ1) is 14.9. The summed E-state index contributed by atoms with van der Waals surface area (Å²) in [4.78, 5) is 10.3. The zero-order valence-corrected chi connectivity index (χ0v) is 17.6. The molecule has 3 aromatic carbocycles. The summed E-state index contributed by atoms with van der Waals surface area (Å²) in [5.74, 6) is -1.15. The monoisotopic (exact) mass is 477 g/mol. The normalized spacial score (nSPS) is 12.2. The standard InChI is InChI=1S/C19H15N3O8S2/c1-2-18(23)20-14-8-7-11(9-17(14)32(28,29)30)21-22-15-10-16(31(25,26)27)12-5-3-4-6-13(12)19(15)24/h2-10,24H,1H2,(H,20,23)(H,25,26,27)(H,28,29,30). The van der Waals surface area contributed by atoms with Crippen molar-refractivity contribution in [3.63, 3.8) is 0 Å². The molecule has 4 N–H and O–H groups in total. The first-order valence-corrected chi connectivity index (χ1v) is 11.5. The summed E-state index contributed by atoms with van der Waals surface area (Å²) in [6, 6.07) is 10.0. The largest absolute Gasteiger partial charge is 0.505 e. The van der Waals surface area contributed by atoms with Crippen LogP contribution in [0.4, 0.5) is 17.1 Å². The molecule has 0 radical (unpaired) electrons. The van der Waals surface area contributed by atoms with E-state index in [4.69, 9.17) is 0 Å². The van der Waals surface area contributed by atoms with Gasteiger partial charge in [0.1, 0.15) is 15.5 Å². The van der Waals surface area contributed by atoms with Crippen LogP contribution in [0.5, 0.6) is 5.75 Å². The number of azo groups is 1. The molecular weight excluding hydrogens is 462 g/mol. The van der Waals surface area contributed by atoms with Crippen LogP contribution in [-0.2, 0) is 25.0 Å². The minimum atomic E-state index is -4.77. The van der Waals surface area contributed by atoms with E-state index in [1.54, 1.807) is 0 Å². The third kappa shape index (κ3) is 4.81. The van der Waals surface area contributed by atoms with E-state index in [0.29, 0.717) is 0 Å². The lowest BCUT2D eigenvalue weighted by Gasteiger charge is -2.09. The summed E-state index contributed by atoms with van der Waals surface area (Å²) in [5, 5.41) is 20.3. The number of anilines is 1. The van der Waals surface area contributed by atoms with Crippen LogP contribution in [0, 0.1) is 0 Å². The van der Waals surface area contributed by atoms with E-state index >= 15 is 0 Å². The number of phenols is 1. The van der Waals surface area contributed by atoms with Gasteiger partial charge in [0.2, 0.25) is 5.91 Å². The van der Waals surface area contributed by atoms with Crippen LogP contribution in [-0.4, -0.2) is 37.0 Å². The van der Waals surface area contributed by atoms with Crippen LogP contribution < -0.4 is 5.32 Å². The van der Waals surface area contributed by atoms with Gasteiger partial charge in [0.25, 0.3) is 20.2 Å². The van der Waals surface area contributed by atoms with Gasteiger partial charge in [-0.25, -0.2) is 0 Å². The third-order valence-electron chi connectivity index (χ3n) is 4.20. The Morgan fingerprint density at radius 3 is 2.12 bits per heavy atom. The molecular formula is C19H15N3O8S2. The van der Waals surface area contributed by atoms with E-state index in [1.165, 1.54) is 30.3 Å². The first kappa shape index (κ1) is 23.0. The number of carbonyl (C=O) groups is 1. The molecule has 0 heterocycles. The van der Waals surface area contributed by atoms with Gasteiger partial charge < -0.3 is 10.4 Å². The Labute approximate surface area is 182 Å². The van der Waals surface area contributed by atoms with Gasteiger partial charge in [-0.05, 0) is 30.3 Å².